The van der Waals surface area contributed by atoms with E-state index >= 15 is 8.78 Å². The number of anilines is 2. The van der Waals surface area contributed by atoms with Crippen molar-refractivity contribution in [3.8, 4) is 11.1 Å². The first-order valence-electron chi connectivity index (χ1n) is 14.3. The second kappa shape index (κ2) is 11.8. The van der Waals surface area contributed by atoms with Gasteiger partial charge in [0.25, 0.3) is 5.56 Å². The number of halogens is 3. The molecule has 1 saturated heterocycles. The largest absolute Gasteiger partial charge is 0.354 e. The maximum absolute atomic E-state index is 15.6. The van der Waals surface area contributed by atoms with Crippen molar-refractivity contribution in [2.24, 2.45) is 7.05 Å². The van der Waals surface area contributed by atoms with E-state index in [9.17, 15) is 22.4 Å². The van der Waals surface area contributed by atoms with Crippen molar-refractivity contribution >= 4 is 38.8 Å². The van der Waals surface area contributed by atoms with Gasteiger partial charge in [-0.2, -0.15) is 17.7 Å². The van der Waals surface area contributed by atoms with Gasteiger partial charge in [-0.3, -0.25) is 18.9 Å². The van der Waals surface area contributed by atoms with E-state index in [0.717, 1.165) is 37.7 Å². The van der Waals surface area contributed by atoms with Crippen LogP contribution in [0.25, 0.3) is 22.2 Å². The zero-order chi connectivity index (χ0) is 32.0. The molecule has 15 heteroatoms. The summed E-state index contributed by atoms with van der Waals surface area (Å²) in [5, 5.41) is 3.45. The van der Waals surface area contributed by atoms with Gasteiger partial charge >= 0.3 is 10.2 Å². The molecule has 0 radical (unpaired) electrons. The molecule has 2 aromatic heterocycles. The molecule has 2 N–H and O–H groups in total. The van der Waals surface area contributed by atoms with Crippen LogP contribution in [0.4, 0.5) is 24.8 Å². The Kier molecular flexibility index (Phi) is 7.99. The molecule has 11 nitrogen and oxygen atoms in total. The predicted molar refractivity (Wildman–Crippen MR) is 162 cm³/mol. The summed E-state index contributed by atoms with van der Waals surface area (Å²) in [5.74, 6) is -2.07. The summed E-state index contributed by atoms with van der Waals surface area (Å²) in [4.78, 5) is 35.6. The first kappa shape index (κ1) is 30.5. The van der Waals surface area contributed by atoms with E-state index in [4.69, 9.17) is 0 Å². The molecule has 0 spiro atoms. The van der Waals surface area contributed by atoms with E-state index in [1.54, 1.807) is 11.8 Å². The van der Waals surface area contributed by atoms with Crippen LogP contribution in [-0.4, -0.2) is 63.9 Å². The number of amides is 1. The van der Waals surface area contributed by atoms with Gasteiger partial charge in [0.15, 0.2) is 5.82 Å². The molecule has 45 heavy (non-hydrogen) atoms. The molecule has 0 saturated carbocycles. The van der Waals surface area contributed by atoms with Crippen molar-refractivity contribution < 1.29 is 26.4 Å². The number of benzene rings is 2. The molecule has 4 aromatic rings. The lowest BCUT2D eigenvalue weighted by Crippen LogP contribution is -2.34. The average Bonchev–Trinajstić information content (AvgIpc) is 3.64. The summed E-state index contributed by atoms with van der Waals surface area (Å²) in [5.41, 5.74) is 1.13. The van der Waals surface area contributed by atoms with E-state index < -0.39 is 44.8 Å². The third-order valence-electron chi connectivity index (χ3n) is 8.12. The average molecular weight is 642 g/mol. The molecule has 2 aliphatic rings. The van der Waals surface area contributed by atoms with Crippen LogP contribution in [0.3, 0.4) is 0 Å². The molecule has 0 unspecified atom stereocenters. The van der Waals surface area contributed by atoms with Gasteiger partial charge in [-0.1, -0.05) is 18.2 Å². The summed E-state index contributed by atoms with van der Waals surface area (Å²) < 4.78 is 73.6. The van der Waals surface area contributed by atoms with Crippen molar-refractivity contribution in [1.82, 2.24) is 23.7 Å². The van der Waals surface area contributed by atoms with Crippen LogP contribution in [0.1, 0.15) is 30.0 Å². The standard InChI is InChI=1S/C30H30F3N7O4S/c1-17(41)39-14-19-4-3-18(11-21(19)15-39)7-9-34-30-35-13-20-12-23(29(42)38(2)28(20)36-30)26-24(32)5-6-25(27(26)33)37-45(43,44)40-10-8-22(31)16-40/h3-6,11-13,22,37H,7-10,14-16H2,1-2H3,(H,34,35,36)/t22-/m1/s1. The highest BCUT2D eigenvalue weighted by Crippen LogP contribution is 2.32. The molecular formula is C30H30F3N7O4S. The molecule has 0 bridgehead atoms. The second-order valence-electron chi connectivity index (χ2n) is 11.2. The fourth-order valence-electron chi connectivity index (χ4n) is 5.64. The zero-order valence-electron chi connectivity index (χ0n) is 24.5. The van der Waals surface area contributed by atoms with Crippen LogP contribution in [-0.2, 0) is 41.6 Å². The summed E-state index contributed by atoms with van der Waals surface area (Å²) >= 11 is 0. The van der Waals surface area contributed by atoms with E-state index in [2.05, 4.69) is 21.4 Å². The summed E-state index contributed by atoms with van der Waals surface area (Å²) in [6.45, 7) is 2.78. The highest BCUT2D eigenvalue weighted by atomic mass is 32.2. The minimum Gasteiger partial charge on any atom is -0.354 e. The number of rotatable bonds is 8. The van der Waals surface area contributed by atoms with Crippen molar-refractivity contribution in [3.05, 3.63) is 81.3 Å². The molecule has 1 atom stereocenters. The smallest absolute Gasteiger partial charge is 0.301 e. The summed E-state index contributed by atoms with van der Waals surface area (Å²) in [6, 6.07) is 9.13. The quantitative estimate of drug-likeness (QED) is 0.301. The number of aromatic nitrogens is 3. The number of carbonyl (C=O) groups excluding carboxylic acids is 1. The van der Waals surface area contributed by atoms with Crippen LogP contribution < -0.4 is 15.6 Å². The molecule has 1 amide bonds. The van der Waals surface area contributed by atoms with Gasteiger partial charge < -0.3 is 10.2 Å². The van der Waals surface area contributed by atoms with E-state index in [-0.39, 0.29) is 42.6 Å². The minimum atomic E-state index is -4.32. The number of nitrogens with one attached hydrogen (secondary N) is 2. The molecule has 0 aliphatic carbocycles. The van der Waals surface area contributed by atoms with Gasteiger partial charge in [0.2, 0.25) is 11.9 Å². The Morgan fingerprint density at radius 3 is 2.62 bits per heavy atom. The number of pyridine rings is 1. The van der Waals surface area contributed by atoms with Crippen LogP contribution in [0, 0.1) is 11.6 Å². The lowest BCUT2D eigenvalue weighted by Gasteiger charge is -2.18. The lowest BCUT2D eigenvalue weighted by atomic mass is 10.0. The van der Waals surface area contributed by atoms with Gasteiger partial charge in [0.1, 0.15) is 17.6 Å². The van der Waals surface area contributed by atoms with Crippen molar-refractivity contribution in [2.45, 2.75) is 39.0 Å². The summed E-state index contributed by atoms with van der Waals surface area (Å²) in [6.07, 6.45) is 0.751. The fourth-order valence-corrected chi connectivity index (χ4v) is 6.91. The van der Waals surface area contributed by atoms with E-state index in [1.807, 2.05) is 16.9 Å². The topological polar surface area (TPSA) is 130 Å². The highest BCUT2D eigenvalue weighted by Gasteiger charge is 2.32. The van der Waals surface area contributed by atoms with E-state index in [0.29, 0.717) is 31.4 Å². The maximum atomic E-state index is 15.6. The molecule has 4 heterocycles. The molecule has 236 valence electrons. The highest BCUT2D eigenvalue weighted by molar-refractivity contribution is 7.90. The zero-order valence-corrected chi connectivity index (χ0v) is 25.3. The fraction of sp³-hybridized carbons (Fsp3) is 0.333. The minimum absolute atomic E-state index is 0.0151. The van der Waals surface area contributed by atoms with Gasteiger partial charge in [-0.25, -0.2) is 18.2 Å². The van der Waals surface area contributed by atoms with Gasteiger partial charge in [-0.15, -0.1) is 0 Å². The molecule has 2 aliphatic heterocycles. The molecular weight excluding hydrogens is 611 g/mol. The number of carbonyl (C=O) groups is 1. The Morgan fingerprint density at radius 2 is 1.89 bits per heavy atom. The van der Waals surface area contributed by atoms with Crippen LogP contribution >= 0.6 is 0 Å². The molecule has 6 rings (SSSR count). The third kappa shape index (κ3) is 5.96. The third-order valence-corrected chi connectivity index (χ3v) is 9.61. The lowest BCUT2D eigenvalue weighted by molar-refractivity contribution is -0.129. The Hall–Kier alpha value is -4.50. The van der Waals surface area contributed by atoms with Gasteiger partial charge in [0.05, 0.1) is 16.8 Å². The first-order chi connectivity index (χ1) is 21.4. The normalized spacial score (nSPS) is 16.7. The Labute approximate surface area is 256 Å². The number of hydrogen-bond acceptors (Lipinski definition) is 7. The number of aryl methyl sites for hydroxylation is 1. The molecule has 1 fully saturated rings. The predicted octanol–water partition coefficient (Wildman–Crippen LogP) is 3.49. The SMILES string of the molecule is CC(=O)N1Cc2ccc(CCNc3ncc4cc(-c5c(F)ccc(NS(=O)(=O)N6CC[C@@H](F)C6)c5F)c(=O)n(C)c4n3)cc2C1. The van der Waals surface area contributed by atoms with E-state index in [1.165, 1.54) is 19.3 Å². The Balaban J connectivity index is 1.21. The maximum Gasteiger partial charge on any atom is 0.301 e. The Bertz CT molecular complexity index is 2000. The number of nitrogens with zero attached hydrogens (tertiary/aromatic N) is 5. The van der Waals surface area contributed by atoms with Crippen molar-refractivity contribution in [2.75, 3.05) is 29.7 Å². The van der Waals surface area contributed by atoms with Crippen LogP contribution in [0.5, 0.6) is 0 Å². The number of hydrogen-bond donors (Lipinski definition) is 2. The second-order valence-corrected chi connectivity index (χ2v) is 12.9. The summed E-state index contributed by atoms with van der Waals surface area (Å²) in [7, 11) is -2.91. The van der Waals surface area contributed by atoms with Gasteiger partial charge in [0, 0.05) is 58.3 Å². The van der Waals surface area contributed by atoms with Crippen LogP contribution in [0.2, 0.25) is 0 Å². The van der Waals surface area contributed by atoms with Gasteiger partial charge in [-0.05, 0) is 47.7 Å². The van der Waals surface area contributed by atoms with Crippen LogP contribution in [0.15, 0.2) is 47.4 Å². The molecule has 2 aromatic carbocycles. The van der Waals surface area contributed by atoms with Crippen molar-refractivity contribution in [3.63, 3.8) is 0 Å². The monoisotopic (exact) mass is 641 g/mol. The first-order valence-corrected chi connectivity index (χ1v) is 15.7. The number of alkyl halides is 1. The number of fused-ring (bicyclic) bond motifs is 2. The Morgan fingerprint density at radius 1 is 1.11 bits per heavy atom. The van der Waals surface area contributed by atoms with Crippen molar-refractivity contribution in [1.29, 1.82) is 0 Å².